The Bertz CT molecular complexity index is 1400. The molecule has 4 aromatic rings. The van der Waals surface area contributed by atoms with Gasteiger partial charge in [-0.25, -0.2) is 9.97 Å². The van der Waals surface area contributed by atoms with Gasteiger partial charge in [0.1, 0.15) is 5.69 Å². The smallest absolute Gasteiger partial charge is 0.274 e. The third kappa shape index (κ3) is 5.69. The van der Waals surface area contributed by atoms with Crippen molar-refractivity contribution in [2.45, 2.75) is 38.8 Å². The van der Waals surface area contributed by atoms with Crippen LogP contribution in [0.2, 0.25) is 0 Å². The molecule has 1 aliphatic heterocycles. The highest BCUT2D eigenvalue weighted by Gasteiger charge is 2.28. The van der Waals surface area contributed by atoms with Gasteiger partial charge in [0.2, 0.25) is 11.9 Å². The van der Waals surface area contributed by atoms with Crippen LogP contribution in [0.1, 0.15) is 54.0 Å². The van der Waals surface area contributed by atoms with Gasteiger partial charge in [-0.3, -0.25) is 14.9 Å². The largest absolute Gasteiger partial charge is 0.363 e. The second kappa shape index (κ2) is 10.9. The molecule has 5 rings (SSSR count). The van der Waals surface area contributed by atoms with Gasteiger partial charge in [-0.15, -0.1) is 11.3 Å². The predicted molar refractivity (Wildman–Crippen MR) is 142 cm³/mol. The van der Waals surface area contributed by atoms with Crippen LogP contribution in [0.15, 0.2) is 66.3 Å². The number of aromatic nitrogens is 3. The predicted octanol–water partition coefficient (Wildman–Crippen LogP) is 5.47. The number of hydrogen-bond acceptors (Lipinski definition) is 6. The second-order valence-electron chi connectivity index (χ2n) is 8.84. The Labute approximate surface area is 218 Å². The minimum atomic E-state index is -0.550. The third-order valence-corrected chi connectivity index (χ3v) is 7.12. The number of benzene rings is 1. The van der Waals surface area contributed by atoms with Crippen molar-refractivity contribution < 1.29 is 14.0 Å². The zero-order valence-corrected chi connectivity index (χ0v) is 21.2. The summed E-state index contributed by atoms with van der Waals surface area (Å²) >= 11 is 1.40. The summed E-state index contributed by atoms with van der Waals surface area (Å²) in [5.41, 5.74) is 3.96. The van der Waals surface area contributed by atoms with Crippen molar-refractivity contribution in [1.82, 2.24) is 14.5 Å². The van der Waals surface area contributed by atoms with Gasteiger partial charge in [0.05, 0.1) is 11.7 Å². The van der Waals surface area contributed by atoms with E-state index >= 15 is 0 Å². The lowest BCUT2D eigenvalue weighted by Gasteiger charge is -2.25. The van der Waals surface area contributed by atoms with E-state index in [2.05, 4.69) is 20.5 Å². The van der Waals surface area contributed by atoms with E-state index in [1.165, 1.54) is 23.6 Å². The lowest BCUT2D eigenvalue weighted by Crippen LogP contribution is -2.23. The molecular weight excluding hydrogens is 491 g/mol. The summed E-state index contributed by atoms with van der Waals surface area (Å²) in [5.74, 6) is -0.832. The van der Waals surface area contributed by atoms with Crippen LogP contribution in [-0.2, 0) is 11.3 Å². The normalized spacial score (nSPS) is 15.1. The van der Waals surface area contributed by atoms with Crippen LogP contribution in [0.25, 0.3) is 0 Å². The molecule has 0 spiro atoms. The molecule has 0 bridgehead atoms. The standard InChI is InChI=1S/C27H27FN6O2S/c1-2-25(35)30-19-7-9-20(10-8-19)34-14-4-5-22(34)21-17-37-27(31-21)32-26(36)23-6-3-13-33(23)16-18-11-12-29-24(28)15-18/h3,6-13,15,17,22H,2,4-5,14,16H2,1H3,(H,30,35)(H,31,32,36). The molecule has 1 atom stereocenters. The summed E-state index contributed by atoms with van der Waals surface area (Å²) < 4.78 is 15.2. The fraction of sp³-hybridized carbons (Fsp3) is 0.259. The van der Waals surface area contributed by atoms with Crippen LogP contribution in [0.4, 0.5) is 20.9 Å². The average Bonchev–Trinajstić information content (AvgIpc) is 3.65. The quantitative estimate of drug-likeness (QED) is 0.302. The highest BCUT2D eigenvalue weighted by atomic mass is 32.1. The summed E-state index contributed by atoms with van der Waals surface area (Å²) in [5, 5.41) is 8.32. The number of amides is 2. The first-order chi connectivity index (χ1) is 18.0. The van der Waals surface area contributed by atoms with Crippen molar-refractivity contribution in [3.05, 3.63) is 89.2 Å². The van der Waals surface area contributed by atoms with Crippen molar-refractivity contribution in [2.24, 2.45) is 0 Å². The van der Waals surface area contributed by atoms with Crippen molar-refractivity contribution in [3.63, 3.8) is 0 Å². The fourth-order valence-corrected chi connectivity index (χ4v) is 5.27. The SMILES string of the molecule is CCC(=O)Nc1ccc(N2CCCC2c2csc(NC(=O)c3cccn3Cc3ccnc(F)c3)n2)cc1. The lowest BCUT2D eigenvalue weighted by atomic mass is 10.1. The van der Waals surface area contributed by atoms with E-state index < -0.39 is 5.95 Å². The zero-order chi connectivity index (χ0) is 25.8. The fourth-order valence-electron chi connectivity index (χ4n) is 4.52. The summed E-state index contributed by atoms with van der Waals surface area (Å²) in [4.78, 5) is 35.3. The monoisotopic (exact) mass is 518 g/mol. The van der Waals surface area contributed by atoms with Crippen LogP contribution in [0.5, 0.6) is 0 Å². The third-order valence-electron chi connectivity index (χ3n) is 6.35. The number of carbonyl (C=O) groups is 2. The average molecular weight is 519 g/mol. The molecule has 3 aromatic heterocycles. The molecule has 8 nitrogen and oxygen atoms in total. The maximum Gasteiger partial charge on any atom is 0.274 e. The van der Waals surface area contributed by atoms with Crippen LogP contribution in [0.3, 0.4) is 0 Å². The van der Waals surface area contributed by atoms with Crippen LogP contribution in [-0.4, -0.2) is 32.9 Å². The molecule has 1 fully saturated rings. The summed E-state index contributed by atoms with van der Waals surface area (Å²) in [7, 11) is 0. The van der Waals surface area contributed by atoms with Crippen LogP contribution < -0.4 is 15.5 Å². The number of anilines is 3. The van der Waals surface area contributed by atoms with Gasteiger partial charge >= 0.3 is 0 Å². The van der Waals surface area contributed by atoms with Crippen molar-refractivity contribution in [2.75, 3.05) is 22.1 Å². The first kappa shape index (κ1) is 24.6. The van der Waals surface area contributed by atoms with E-state index in [0.29, 0.717) is 23.8 Å². The maximum atomic E-state index is 13.5. The molecule has 2 amide bonds. The maximum absolute atomic E-state index is 13.5. The molecule has 0 aliphatic carbocycles. The molecule has 2 N–H and O–H groups in total. The number of hydrogen-bond donors (Lipinski definition) is 2. The molecule has 1 aliphatic rings. The van der Waals surface area contributed by atoms with Gasteiger partial charge in [0, 0.05) is 48.7 Å². The highest BCUT2D eigenvalue weighted by molar-refractivity contribution is 7.14. The molecule has 1 unspecified atom stereocenters. The molecule has 4 heterocycles. The van der Waals surface area contributed by atoms with Crippen molar-refractivity contribution in [1.29, 1.82) is 0 Å². The van der Waals surface area contributed by atoms with E-state index in [4.69, 9.17) is 4.98 Å². The topological polar surface area (TPSA) is 92.2 Å². The van der Waals surface area contributed by atoms with E-state index in [1.807, 2.05) is 36.6 Å². The van der Waals surface area contributed by atoms with Gasteiger partial charge in [0.25, 0.3) is 5.91 Å². The molecule has 0 radical (unpaired) electrons. The first-order valence-corrected chi connectivity index (χ1v) is 13.1. The van der Waals surface area contributed by atoms with Gasteiger partial charge in [-0.2, -0.15) is 4.39 Å². The van der Waals surface area contributed by atoms with Gasteiger partial charge in [-0.05, 0) is 66.9 Å². The Balaban J connectivity index is 1.26. The number of halogens is 1. The minimum Gasteiger partial charge on any atom is -0.363 e. The molecule has 37 heavy (non-hydrogen) atoms. The van der Waals surface area contributed by atoms with Crippen LogP contribution in [0, 0.1) is 5.95 Å². The van der Waals surface area contributed by atoms with Gasteiger partial charge < -0.3 is 14.8 Å². The number of rotatable bonds is 8. The summed E-state index contributed by atoms with van der Waals surface area (Å²) in [6.07, 6.45) is 5.65. The summed E-state index contributed by atoms with van der Waals surface area (Å²) in [6.45, 7) is 3.09. The Kier molecular flexibility index (Phi) is 7.27. The molecule has 10 heteroatoms. The Morgan fingerprint density at radius 2 is 2.00 bits per heavy atom. The van der Waals surface area contributed by atoms with Crippen molar-refractivity contribution >= 4 is 39.7 Å². The van der Waals surface area contributed by atoms with E-state index in [1.54, 1.807) is 29.0 Å². The van der Waals surface area contributed by atoms with E-state index in [9.17, 15) is 14.0 Å². The number of pyridine rings is 1. The second-order valence-corrected chi connectivity index (χ2v) is 9.70. The molecule has 1 aromatic carbocycles. The number of nitrogens with zero attached hydrogens (tertiary/aromatic N) is 4. The van der Waals surface area contributed by atoms with Crippen LogP contribution >= 0.6 is 11.3 Å². The number of carbonyl (C=O) groups excluding carboxylic acids is 2. The lowest BCUT2D eigenvalue weighted by molar-refractivity contribution is -0.115. The van der Waals surface area contributed by atoms with Gasteiger partial charge in [0.15, 0.2) is 5.13 Å². The van der Waals surface area contributed by atoms with E-state index in [-0.39, 0.29) is 17.9 Å². The zero-order valence-electron chi connectivity index (χ0n) is 20.4. The Hall–Kier alpha value is -4.05. The summed E-state index contributed by atoms with van der Waals surface area (Å²) in [6, 6.07) is 14.6. The molecule has 0 saturated carbocycles. The number of thiazole rings is 1. The Morgan fingerprint density at radius 3 is 2.78 bits per heavy atom. The molecule has 190 valence electrons. The number of nitrogens with one attached hydrogen (secondary N) is 2. The minimum absolute atomic E-state index is 0.0117. The van der Waals surface area contributed by atoms with Crippen molar-refractivity contribution in [3.8, 4) is 0 Å². The first-order valence-electron chi connectivity index (χ1n) is 12.2. The Morgan fingerprint density at radius 1 is 1.16 bits per heavy atom. The van der Waals surface area contributed by atoms with E-state index in [0.717, 1.165) is 42.0 Å². The molecular formula is C27H27FN6O2S. The van der Waals surface area contributed by atoms with Gasteiger partial charge in [-0.1, -0.05) is 6.92 Å². The highest BCUT2D eigenvalue weighted by Crippen LogP contribution is 2.37. The molecule has 1 saturated heterocycles.